The molecule has 1 aliphatic carbocycles. The summed E-state index contributed by atoms with van der Waals surface area (Å²) < 4.78 is 6.08. The van der Waals surface area contributed by atoms with Crippen molar-refractivity contribution in [3.63, 3.8) is 0 Å². The minimum absolute atomic E-state index is 0.189. The Balaban J connectivity index is 1.90. The smallest absolute Gasteiger partial charge is 0.0800 e. The maximum Gasteiger partial charge on any atom is 0.0800 e. The molecule has 0 spiro atoms. The van der Waals surface area contributed by atoms with Crippen molar-refractivity contribution < 1.29 is 4.74 Å². The fraction of sp³-hybridized carbons (Fsp3) is 0.688. The van der Waals surface area contributed by atoms with Crippen LogP contribution in [-0.4, -0.2) is 11.6 Å². The highest BCUT2D eigenvalue weighted by atomic mass is 16.5. The van der Waals surface area contributed by atoms with E-state index in [1.807, 2.05) is 13.1 Å². The average molecular weight is 247 g/mol. The van der Waals surface area contributed by atoms with E-state index in [9.17, 15) is 0 Å². The minimum Gasteiger partial charge on any atom is -0.374 e. The summed E-state index contributed by atoms with van der Waals surface area (Å²) in [5.41, 5.74) is 3.60. The zero-order chi connectivity index (χ0) is 13.0. The lowest BCUT2D eigenvalue weighted by molar-refractivity contribution is 0.0298. The van der Waals surface area contributed by atoms with Crippen LogP contribution < -0.4 is 0 Å². The Morgan fingerprint density at radius 1 is 1.28 bits per heavy atom. The van der Waals surface area contributed by atoms with E-state index in [-0.39, 0.29) is 6.10 Å². The maximum atomic E-state index is 6.08. The first-order valence-electron chi connectivity index (χ1n) is 7.21. The molecule has 0 aliphatic heterocycles. The van der Waals surface area contributed by atoms with Gasteiger partial charge in [0.1, 0.15) is 0 Å². The molecule has 1 atom stereocenters. The van der Waals surface area contributed by atoms with Crippen molar-refractivity contribution in [2.24, 2.45) is 5.92 Å². The Hall–Kier alpha value is -0.890. The Morgan fingerprint density at radius 2 is 2.00 bits per heavy atom. The van der Waals surface area contributed by atoms with Gasteiger partial charge in [-0.25, -0.2) is 0 Å². The van der Waals surface area contributed by atoms with E-state index in [0.29, 0.717) is 0 Å². The van der Waals surface area contributed by atoms with Crippen molar-refractivity contribution >= 4 is 0 Å². The summed E-state index contributed by atoms with van der Waals surface area (Å²) in [6.45, 7) is 7.23. The normalized spacial score (nSPS) is 18.8. The third-order valence-corrected chi connectivity index (χ3v) is 4.03. The molecule has 1 aromatic heterocycles. The summed E-state index contributed by atoms with van der Waals surface area (Å²) in [5, 5.41) is 0. The van der Waals surface area contributed by atoms with Crippen molar-refractivity contribution in [3.8, 4) is 0 Å². The number of aryl methyl sites for hydroxylation is 2. The van der Waals surface area contributed by atoms with Crippen LogP contribution >= 0.6 is 0 Å². The van der Waals surface area contributed by atoms with E-state index < -0.39 is 0 Å². The summed E-state index contributed by atoms with van der Waals surface area (Å²) in [6, 6.07) is 2.15. The molecule has 1 heterocycles. The van der Waals surface area contributed by atoms with Crippen molar-refractivity contribution in [3.05, 3.63) is 29.1 Å². The van der Waals surface area contributed by atoms with E-state index >= 15 is 0 Å². The van der Waals surface area contributed by atoms with Crippen LogP contribution in [0.2, 0.25) is 0 Å². The highest BCUT2D eigenvalue weighted by Crippen LogP contribution is 2.27. The first-order chi connectivity index (χ1) is 8.66. The molecule has 1 fully saturated rings. The third kappa shape index (κ3) is 3.55. The van der Waals surface area contributed by atoms with Crippen molar-refractivity contribution in [1.29, 1.82) is 0 Å². The number of ether oxygens (including phenoxy) is 1. The van der Waals surface area contributed by atoms with Crippen LogP contribution in [0, 0.1) is 19.8 Å². The van der Waals surface area contributed by atoms with Crippen LogP contribution in [0.1, 0.15) is 62.0 Å². The lowest BCUT2D eigenvalue weighted by Crippen LogP contribution is -2.15. The van der Waals surface area contributed by atoms with Crippen molar-refractivity contribution in [2.75, 3.05) is 6.61 Å². The molecule has 100 valence electrons. The summed E-state index contributed by atoms with van der Waals surface area (Å²) >= 11 is 0. The molecule has 2 nitrogen and oxygen atoms in total. The summed E-state index contributed by atoms with van der Waals surface area (Å²) in [7, 11) is 0. The molecule has 0 amide bonds. The van der Waals surface area contributed by atoms with Gasteiger partial charge >= 0.3 is 0 Å². The van der Waals surface area contributed by atoms with Gasteiger partial charge in [-0.05, 0) is 56.7 Å². The van der Waals surface area contributed by atoms with Gasteiger partial charge in [-0.15, -0.1) is 0 Å². The molecule has 18 heavy (non-hydrogen) atoms. The zero-order valence-electron chi connectivity index (χ0n) is 11.9. The molecule has 0 radical (unpaired) electrons. The van der Waals surface area contributed by atoms with E-state index in [0.717, 1.165) is 18.2 Å². The third-order valence-electron chi connectivity index (χ3n) is 4.03. The summed E-state index contributed by atoms with van der Waals surface area (Å²) in [4.78, 5) is 4.32. The van der Waals surface area contributed by atoms with E-state index in [4.69, 9.17) is 4.74 Å². The van der Waals surface area contributed by atoms with Gasteiger partial charge < -0.3 is 4.74 Å². The molecule has 1 unspecified atom stereocenters. The van der Waals surface area contributed by atoms with Gasteiger partial charge in [0.15, 0.2) is 0 Å². The Labute approximate surface area is 111 Å². The molecule has 1 aromatic rings. The SMILES string of the molecule is Cc1cc(C(C)OCC2CCCCC2)c(C)cn1. The van der Waals surface area contributed by atoms with Crippen LogP contribution in [0.5, 0.6) is 0 Å². The van der Waals surface area contributed by atoms with Crippen LogP contribution in [0.3, 0.4) is 0 Å². The minimum atomic E-state index is 0.189. The number of hydrogen-bond donors (Lipinski definition) is 0. The Kier molecular flexibility index (Phi) is 4.76. The number of rotatable bonds is 4. The molecule has 0 saturated heterocycles. The van der Waals surface area contributed by atoms with Crippen LogP contribution in [0.15, 0.2) is 12.3 Å². The molecule has 0 N–H and O–H groups in total. The predicted octanol–water partition coefficient (Wildman–Crippen LogP) is 4.36. The van der Waals surface area contributed by atoms with Crippen molar-refractivity contribution in [2.45, 2.75) is 59.0 Å². The number of nitrogens with zero attached hydrogens (tertiary/aromatic N) is 1. The van der Waals surface area contributed by atoms with Gasteiger partial charge in [0.2, 0.25) is 0 Å². The van der Waals surface area contributed by atoms with Gasteiger partial charge in [0, 0.05) is 11.9 Å². The molecular weight excluding hydrogens is 222 g/mol. The molecular formula is C16H25NO. The number of hydrogen-bond acceptors (Lipinski definition) is 2. The summed E-state index contributed by atoms with van der Waals surface area (Å²) in [5.74, 6) is 0.782. The highest BCUT2D eigenvalue weighted by Gasteiger charge is 2.16. The van der Waals surface area contributed by atoms with E-state index in [1.165, 1.54) is 43.2 Å². The Morgan fingerprint density at radius 3 is 2.72 bits per heavy atom. The second-order valence-corrected chi connectivity index (χ2v) is 5.66. The highest BCUT2D eigenvalue weighted by molar-refractivity contribution is 5.26. The summed E-state index contributed by atoms with van der Waals surface area (Å²) in [6.07, 6.45) is 9.02. The topological polar surface area (TPSA) is 22.1 Å². The first kappa shape index (κ1) is 13.5. The van der Waals surface area contributed by atoms with E-state index in [1.54, 1.807) is 0 Å². The Bertz CT molecular complexity index is 383. The standard InChI is InChI=1S/C16H25NO/c1-12-10-17-13(2)9-16(12)14(3)18-11-15-7-5-4-6-8-15/h9-10,14-15H,4-8,11H2,1-3H3. The second-order valence-electron chi connectivity index (χ2n) is 5.66. The molecule has 0 aromatic carbocycles. The van der Waals surface area contributed by atoms with Crippen molar-refractivity contribution in [1.82, 2.24) is 4.98 Å². The zero-order valence-corrected chi connectivity index (χ0v) is 11.9. The quantitative estimate of drug-likeness (QED) is 0.789. The lowest BCUT2D eigenvalue weighted by atomic mass is 9.90. The number of pyridine rings is 1. The fourth-order valence-corrected chi connectivity index (χ4v) is 2.81. The molecule has 0 bridgehead atoms. The second kappa shape index (κ2) is 6.33. The van der Waals surface area contributed by atoms with Crippen LogP contribution in [-0.2, 0) is 4.74 Å². The number of aromatic nitrogens is 1. The lowest BCUT2D eigenvalue weighted by Gasteiger charge is -2.24. The fourth-order valence-electron chi connectivity index (χ4n) is 2.81. The van der Waals surface area contributed by atoms with Crippen LogP contribution in [0.4, 0.5) is 0 Å². The van der Waals surface area contributed by atoms with E-state index in [2.05, 4.69) is 24.9 Å². The van der Waals surface area contributed by atoms with Gasteiger partial charge in [0.25, 0.3) is 0 Å². The van der Waals surface area contributed by atoms with Gasteiger partial charge in [0.05, 0.1) is 12.7 Å². The molecule has 1 aliphatic rings. The maximum absolute atomic E-state index is 6.08. The molecule has 2 rings (SSSR count). The molecule has 1 saturated carbocycles. The first-order valence-corrected chi connectivity index (χ1v) is 7.21. The monoisotopic (exact) mass is 247 g/mol. The van der Waals surface area contributed by atoms with Gasteiger partial charge in [-0.2, -0.15) is 0 Å². The molecule has 2 heteroatoms. The largest absolute Gasteiger partial charge is 0.374 e. The van der Waals surface area contributed by atoms with Gasteiger partial charge in [-0.1, -0.05) is 19.3 Å². The average Bonchev–Trinajstić information content (AvgIpc) is 2.40. The predicted molar refractivity (Wildman–Crippen MR) is 74.7 cm³/mol. The van der Waals surface area contributed by atoms with Crippen LogP contribution in [0.25, 0.3) is 0 Å². The van der Waals surface area contributed by atoms with Gasteiger partial charge in [-0.3, -0.25) is 4.98 Å².